The van der Waals surface area contributed by atoms with Gasteiger partial charge in [0.2, 0.25) is 5.91 Å². The third-order valence-electron chi connectivity index (χ3n) is 3.44. The molecule has 0 spiro atoms. The zero-order valence-corrected chi connectivity index (χ0v) is 11.7. The highest BCUT2D eigenvalue weighted by atomic mass is 16.3. The van der Waals surface area contributed by atoms with E-state index in [1.54, 1.807) is 4.90 Å². The summed E-state index contributed by atoms with van der Waals surface area (Å²) in [7, 11) is 0. The van der Waals surface area contributed by atoms with E-state index in [1.165, 1.54) is 0 Å². The van der Waals surface area contributed by atoms with Crippen LogP contribution in [0.1, 0.15) is 25.8 Å². The fourth-order valence-electron chi connectivity index (χ4n) is 1.90. The van der Waals surface area contributed by atoms with Gasteiger partial charge >= 0.3 is 0 Å². The maximum atomic E-state index is 12.3. The molecule has 106 valence electrons. The Balaban J connectivity index is 2.74. The molecule has 1 aromatic rings. The van der Waals surface area contributed by atoms with Gasteiger partial charge in [-0.15, -0.1) is 0 Å². The smallest absolute Gasteiger partial charge is 0.240 e. The molecule has 0 radical (unpaired) electrons. The summed E-state index contributed by atoms with van der Waals surface area (Å²) in [5.41, 5.74) is 7.03. The van der Waals surface area contributed by atoms with E-state index < -0.39 is 6.04 Å². The molecule has 0 aliphatic carbocycles. The highest BCUT2D eigenvalue weighted by Crippen LogP contribution is 2.11. The lowest BCUT2D eigenvalue weighted by molar-refractivity contribution is -0.134. The number of nitrogens with two attached hydrogens (primary N) is 1. The van der Waals surface area contributed by atoms with Gasteiger partial charge in [-0.05, 0) is 11.5 Å². The number of hydrogen-bond donors (Lipinski definition) is 2. The van der Waals surface area contributed by atoms with Crippen molar-refractivity contribution in [3.05, 3.63) is 35.9 Å². The molecule has 3 N–H and O–H groups in total. The van der Waals surface area contributed by atoms with E-state index in [0.717, 1.165) is 12.0 Å². The molecule has 0 aliphatic heterocycles. The number of rotatable bonds is 7. The van der Waals surface area contributed by atoms with Gasteiger partial charge in [0, 0.05) is 13.1 Å². The zero-order valence-electron chi connectivity index (χ0n) is 11.7. The van der Waals surface area contributed by atoms with Crippen LogP contribution >= 0.6 is 0 Å². The predicted octanol–water partition coefficient (Wildman–Crippen LogP) is 1.38. The normalized spacial score (nSPS) is 13.9. The van der Waals surface area contributed by atoms with Crippen LogP contribution < -0.4 is 5.73 Å². The third kappa shape index (κ3) is 4.65. The molecular weight excluding hydrogens is 240 g/mol. The summed E-state index contributed by atoms with van der Waals surface area (Å²) in [4.78, 5) is 14.0. The molecule has 0 aliphatic rings. The fourth-order valence-corrected chi connectivity index (χ4v) is 1.90. The molecule has 4 nitrogen and oxygen atoms in total. The quantitative estimate of drug-likeness (QED) is 0.782. The molecule has 0 aromatic heterocycles. The molecule has 4 heteroatoms. The Morgan fingerprint density at radius 3 is 2.53 bits per heavy atom. The molecule has 1 amide bonds. The van der Waals surface area contributed by atoms with Crippen molar-refractivity contribution >= 4 is 5.91 Å². The summed E-state index contributed by atoms with van der Waals surface area (Å²) in [6.07, 6.45) is 0.866. The number of benzene rings is 1. The highest BCUT2D eigenvalue weighted by Gasteiger charge is 2.24. The van der Waals surface area contributed by atoms with Gasteiger partial charge in [0.25, 0.3) is 0 Å². The molecule has 1 rings (SSSR count). The van der Waals surface area contributed by atoms with Crippen LogP contribution in [0.5, 0.6) is 0 Å². The molecule has 2 atom stereocenters. The molecule has 19 heavy (non-hydrogen) atoms. The van der Waals surface area contributed by atoms with Crippen molar-refractivity contribution < 1.29 is 9.90 Å². The van der Waals surface area contributed by atoms with Gasteiger partial charge in [-0.3, -0.25) is 4.79 Å². The molecule has 1 aromatic carbocycles. The number of carbonyl (C=O) groups is 1. The zero-order chi connectivity index (χ0) is 14.3. The van der Waals surface area contributed by atoms with Gasteiger partial charge in [0.1, 0.15) is 0 Å². The SMILES string of the molecule is CCC(C)C(N)C(=O)N(CCO)Cc1ccccc1. The second-order valence-electron chi connectivity index (χ2n) is 4.88. The van der Waals surface area contributed by atoms with Crippen LogP contribution in [0.2, 0.25) is 0 Å². The van der Waals surface area contributed by atoms with E-state index in [1.807, 2.05) is 44.2 Å². The Bertz CT molecular complexity index is 381. The highest BCUT2D eigenvalue weighted by molar-refractivity contribution is 5.82. The first kappa shape index (κ1) is 15.7. The van der Waals surface area contributed by atoms with Gasteiger partial charge in [0.05, 0.1) is 12.6 Å². The fraction of sp³-hybridized carbons (Fsp3) is 0.533. The second kappa shape index (κ2) is 7.92. The van der Waals surface area contributed by atoms with Crippen molar-refractivity contribution in [2.24, 2.45) is 11.7 Å². The van der Waals surface area contributed by atoms with Gasteiger partial charge < -0.3 is 15.7 Å². The van der Waals surface area contributed by atoms with Crippen LogP contribution in [0.25, 0.3) is 0 Å². The monoisotopic (exact) mass is 264 g/mol. The maximum Gasteiger partial charge on any atom is 0.240 e. The molecule has 0 heterocycles. The van der Waals surface area contributed by atoms with E-state index in [-0.39, 0.29) is 18.4 Å². The maximum absolute atomic E-state index is 12.3. The van der Waals surface area contributed by atoms with Gasteiger partial charge in [-0.1, -0.05) is 50.6 Å². The van der Waals surface area contributed by atoms with Crippen LogP contribution in [-0.2, 0) is 11.3 Å². The minimum atomic E-state index is -0.500. The molecule has 0 fully saturated rings. The molecule has 0 saturated carbocycles. The minimum Gasteiger partial charge on any atom is -0.395 e. The Morgan fingerprint density at radius 2 is 2.00 bits per heavy atom. The second-order valence-corrected chi connectivity index (χ2v) is 4.88. The number of nitrogens with zero attached hydrogens (tertiary/aromatic N) is 1. The van der Waals surface area contributed by atoms with Gasteiger partial charge in [-0.2, -0.15) is 0 Å². The summed E-state index contributed by atoms with van der Waals surface area (Å²) in [6, 6.07) is 9.24. The van der Waals surface area contributed by atoms with Crippen molar-refractivity contribution in [2.45, 2.75) is 32.9 Å². The van der Waals surface area contributed by atoms with E-state index in [4.69, 9.17) is 10.8 Å². The van der Waals surface area contributed by atoms with Crippen molar-refractivity contribution in [1.82, 2.24) is 4.90 Å². The van der Waals surface area contributed by atoms with Crippen LogP contribution in [0, 0.1) is 5.92 Å². The molecule has 0 bridgehead atoms. The predicted molar refractivity (Wildman–Crippen MR) is 76.4 cm³/mol. The summed E-state index contributed by atoms with van der Waals surface area (Å²) in [6.45, 7) is 4.75. The van der Waals surface area contributed by atoms with Crippen LogP contribution in [0.15, 0.2) is 30.3 Å². The van der Waals surface area contributed by atoms with Crippen molar-refractivity contribution in [3.63, 3.8) is 0 Å². The summed E-state index contributed by atoms with van der Waals surface area (Å²) in [5.74, 6) is 0.0525. The van der Waals surface area contributed by atoms with E-state index in [2.05, 4.69) is 0 Å². The average molecular weight is 264 g/mol. The first-order chi connectivity index (χ1) is 9.10. The Labute approximate surface area is 115 Å². The summed E-state index contributed by atoms with van der Waals surface area (Å²) in [5, 5.41) is 9.11. The topological polar surface area (TPSA) is 66.6 Å². The van der Waals surface area contributed by atoms with Crippen LogP contribution in [0.4, 0.5) is 0 Å². The number of carbonyl (C=O) groups excluding carboxylic acids is 1. The Kier molecular flexibility index (Phi) is 6.53. The average Bonchev–Trinajstić information content (AvgIpc) is 2.45. The van der Waals surface area contributed by atoms with Crippen molar-refractivity contribution in [1.29, 1.82) is 0 Å². The summed E-state index contributed by atoms with van der Waals surface area (Å²) < 4.78 is 0. The molecule has 0 saturated heterocycles. The van der Waals surface area contributed by atoms with Crippen LogP contribution in [0.3, 0.4) is 0 Å². The Hall–Kier alpha value is -1.39. The van der Waals surface area contributed by atoms with E-state index in [0.29, 0.717) is 13.1 Å². The number of aliphatic hydroxyl groups excluding tert-OH is 1. The Morgan fingerprint density at radius 1 is 1.37 bits per heavy atom. The molecule has 2 unspecified atom stereocenters. The van der Waals surface area contributed by atoms with E-state index >= 15 is 0 Å². The van der Waals surface area contributed by atoms with E-state index in [9.17, 15) is 4.79 Å². The first-order valence-corrected chi connectivity index (χ1v) is 6.79. The summed E-state index contributed by atoms with van der Waals surface area (Å²) >= 11 is 0. The first-order valence-electron chi connectivity index (χ1n) is 6.79. The lowest BCUT2D eigenvalue weighted by Crippen LogP contribution is -2.47. The molecular formula is C15H24N2O2. The number of hydrogen-bond acceptors (Lipinski definition) is 3. The van der Waals surface area contributed by atoms with Gasteiger partial charge in [-0.25, -0.2) is 0 Å². The lowest BCUT2D eigenvalue weighted by atomic mass is 9.98. The van der Waals surface area contributed by atoms with Crippen molar-refractivity contribution in [3.8, 4) is 0 Å². The number of amides is 1. The van der Waals surface area contributed by atoms with Gasteiger partial charge in [0.15, 0.2) is 0 Å². The third-order valence-corrected chi connectivity index (χ3v) is 3.44. The minimum absolute atomic E-state index is 0.0498. The van der Waals surface area contributed by atoms with Crippen molar-refractivity contribution in [2.75, 3.05) is 13.2 Å². The standard InChI is InChI=1S/C15H24N2O2/c1-3-12(2)14(16)15(19)17(9-10-18)11-13-7-5-4-6-8-13/h4-8,12,14,18H,3,9-11,16H2,1-2H3. The largest absolute Gasteiger partial charge is 0.395 e. The van der Waals surface area contributed by atoms with Crippen LogP contribution in [-0.4, -0.2) is 35.1 Å². The number of aliphatic hydroxyl groups is 1. The lowest BCUT2D eigenvalue weighted by Gasteiger charge is -2.27.